The zero-order valence-corrected chi connectivity index (χ0v) is 16.4. The van der Waals surface area contributed by atoms with E-state index in [9.17, 15) is 18.8 Å². The fourth-order valence-electron chi connectivity index (χ4n) is 3.41. The molecule has 0 unspecified atom stereocenters. The first kappa shape index (κ1) is 20.1. The molecule has 31 heavy (non-hydrogen) atoms. The third kappa shape index (κ3) is 3.72. The molecule has 0 amide bonds. The number of nitriles is 1. The first-order valence-electron chi connectivity index (χ1n) is 9.23. The van der Waals surface area contributed by atoms with E-state index in [1.165, 1.54) is 6.08 Å². The maximum absolute atomic E-state index is 13.6. The number of aromatic amines is 1. The molecule has 0 fully saturated rings. The summed E-state index contributed by atoms with van der Waals surface area (Å²) in [5.74, 6) is -1.55. The minimum absolute atomic E-state index is 0.0739. The number of hydrogen-bond donors (Lipinski definition) is 2. The first-order valence-corrected chi connectivity index (χ1v) is 9.23. The molecule has 0 radical (unpaired) electrons. The van der Waals surface area contributed by atoms with Crippen molar-refractivity contribution in [3.63, 3.8) is 0 Å². The van der Waals surface area contributed by atoms with Gasteiger partial charge in [0.2, 0.25) is 0 Å². The van der Waals surface area contributed by atoms with Crippen LogP contribution < -0.4 is 11.3 Å². The zero-order chi connectivity index (χ0) is 22.1. The molecule has 0 aliphatic rings. The predicted octanol–water partition coefficient (Wildman–Crippen LogP) is 3.12. The predicted molar refractivity (Wildman–Crippen MR) is 112 cm³/mol. The van der Waals surface area contributed by atoms with Gasteiger partial charge in [-0.25, -0.2) is 13.9 Å². The molecular formula is C22H16F2N6O. The second-order valence-corrected chi connectivity index (χ2v) is 6.86. The van der Waals surface area contributed by atoms with Crippen LogP contribution in [0.4, 0.5) is 8.78 Å². The van der Waals surface area contributed by atoms with Gasteiger partial charge >= 0.3 is 0 Å². The van der Waals surface area contributed by atoms with E-state index >= 15 is 0 Å². The summed E-state index contributed by atoms with van der Waals surface area (Å²) in [6, 6.07) is 10.1. The van der Waals surface area contributed by atoms with Crippen LogP contribution in [0.25, 0.3) is 33.5 Å². The standard InChI is InChI=1S/C22H16F2N6O/c1-30-21(7-14(9-25)13-4-15(23)8-16(24)5-13)19(11-27-30)12-2-3-17-18(6-12)20(10-26)28-29-22(17)31/h2-8,11H,10,26H2,1H3,(H,29,31)/b14-7+. The van der Waals surface area contributed by atoms with E-state index < -0.39 is 11.6 Å². The Labute approximate surface area is 175 Å². The van der Waals surface area contributed by atoms with E-state index in [0.717, 1.165) is 23.8 Å². The molecule has 2 heterocycles. The largest absolute Gasteiger partial charge is 0.325 e. The number of nitrogens with zero attached hydrogens (tertiary/aromatic N) is 4. The Morgan fingerprint density at radius 1 is 1.23 bits per heavy atom. The van der Waals surface area contributed by atoms with Gasteiger partial charge in [-0.2, -0.15) is 15.5 Å². The fraction of sp³-hybridized carbons (Fsp3) is 0.0909. The van der Waals surface area contributed by atoms with Gasteiger partial charge in [-0.05, 0) is 41.5 Å². The highest BCUT2D eigenvalue weighted by Crippen LogP contribution is 2.30. The highest BCUT2D eigenvalue weighted by Gasteiger charge is 2.14. The number of halogens is 2. The molecule has 0 atom stereocenters. The van der Waals surface area contributed by atoms with Crippen molar-refractivity contribution in [2.45, 2.75) is 6.54 Å². The minimum Gasteiger partial charge on any atom is -0.325 e. The molecule has 0 saturated carbocycles. The summed E-state index contributed by atoms with van der Waals surface area (Å²) < 4.78 is 28.8. The molecule has 0 aliphatic carbocycles. The van der Waals surface area contributed by atoms with Gasteiger partial charge in [0.1, 0.15) is 11.6 Å². The molecule has 0 saturated heterocycles. The van der Waals surface area contributed by atoms with Crippen molar-refractivity contribution in [2.24, 2.45) is 12.8 Å². The van der Waals surface area contributed by atoms with Crippen LogP contribution in [0.5, 0.6) is 0 Å². The smallest absolute Gasteiger partial charge is 0.272 e. The number of H-pyrrole nitrogens is 1. The van der Waals surface area contributed by atoms with Gasteiger partial charge in [0.15, 0.2) is 0 Å². The SMILES string of the molecule is Cn1ncc(-c2ccc3c(=O)[nH]nc(CN)c3c2)c1/C=C(\C#N)c1cc(F)cc(F)c1. The lowest BCUT2D eigenvalue weighted by Gasteiger charge is -2.07. The van der Waals surface area contributed by atoms with Crippen LogP contribution in [0.15, 0.2) is 47.4 Å². The summed E-state index contributed by atoms with van der Waals surface area (Å²) in [6.07, 6.45) is 3.12. The summed E-state index contributed by atoms with van der Waals surface area (Å²) >= 11 is 0. The van der Waals surface area contributed by atoms with E-state index in [1.54, 1.807) is 36.1 Å². The van der Waals surface area contributed by atoms with Crippen LogP contribution in [-0.4, -0.2) is 20.0 Å². The van der Waals surface area contributed by atoms with Gasteiger partial charge in [-0.3, -0.25) is 9.48 Å². The fourth-order valence-corrected chi connectivity index (χ4v) is 3.41. The lowest BCUT2D eigenvalue weighted by atomic mass is 9.99. The van der Waals surface area contributed by atoms with E-state index in [-0.39, 0.29) is 23.2 Å². The van der Waals surface area contributed by atoms with Crippen molar-refractivity contribution in [3.8, 4) is 17.2 Å². The number of hydrogen-bond acceptors (Lipinski definition) is 5. The Morgan fingerprint density at radius 2 is 1.97 bits per heavy atom. The zero-order valence-electron chi connectivity index (χ0n) is 16.4. The maximum Gasteiger partial charge on any atom is 0.272 e. The van der Waals surface area contributed by atoms with Crippen LogP contribution >= 0.6 is 0 Å². The van der Waals surface area contributed by atoms with E-state index in [0.29, 0.717) is 27.7 Å². The summed E-state index contributed by atoms with van der Waals surface area (Å²) in [7, 11) is 1.69. The average molecular weight is 418 g/mol. The number of nitrogens with one attached hydrogen (secondary N) is 1. The van der Waals surface area contributed by atoms with Gasteiger partial charge < -0.3 is 5.73 Å². The number of aromatic nitrogens is 4. The summed E-state index contributed by atoms with van der Waals surface area (Å²) in [4.78, 5) is 12.1. The van der Waals surface area contributed by atoms with Gasteiger partial charge in [0.05, 0.1) is 34.6 Å². The lowest BCUT2D eigenvalue weighted by Crippen LogP contribution is -2.13. The lowest BCUT2D eigenvalue weighted by molar-refractivity contribution is 0.582. The molecule has 9 heteroatoms. The van der Waals surface area contributed by atoms with Crippen LogP contribution in [0, 0.1) is 23.0 Å². The van der Waals surface area contributed by atoms with Crippen LogP contribution in [0.2, 0.25) is 0 Å². The van der Waals surface area contributed by atoms with Crippen LogP contribution in [0.3, 0.4) is 0 Å². The van der Waals surface area contributed by atoms with Crippen molar-refractivity contribution in [1.29, 1.82) is 5.26 Å². The summed E-state index contributed by atoms with van der Waals surface area (Å²) in [5.41, 5.74) is 8.08. The second-order valence-electron chi connectivity index (χ2n) is 6.86. The molecule has 0 spiro atoms. The molecule has 7 nitrogen and oxygen atoms in total. The highest BCUT2D eigenvalue weighted by atomic mass is 19.1. The normalized spacial score (nSPS) is 11.6. The summed E-state index contributed by atoms with van der Waals surface area (Å²) in [5, 5.41) is 21.3. The van der Waals surface area contributed by atoms with Gasteiger partial charge in [-0.1, -0.05) is 6.07 Å². The van der Waals surface area contributed by atoms with Crippen molar-refractivity contribution < 1.29 is 8.78 Å². The third-order valence-corrected chi connectivity index (χ3v) is 4.93. The van der Waals surface area contributed by atoms with Gasteiger partial charge in [0.25, 0.3) is 5.56 Å². The molecule has 3 N–H and O–H groups in total. The molecule has 4 aromatic rings. The number of nitrogens with two attached hydrogens (primary N) is 1. The quantitative estimate of drug-likeness (QED) is 0.495. The molecule has 0 aliphatic heterocycles. The molecular weight excluding hydrogens is 402 g/mol. The average Bonchev–Trinajstić information content (AvgIpc) is 3.11. The maximum atomic E-state index is 13.6. The van der Waals surface area contributed by atoms with Gasteiger partial charge in [0, 0.05) is 30.6 Å². The summed E-state index contributed by atoms with van der Waals surface area (Å²) in [6.45, 7) is 0.139. The molecule has 2 aromatic carbocycles. The van der Waals surface area contributed by atoms with Crippen molar-refractivity contribution >= 4 is 22.4 Å². The second kappa shape index (κ2) is 7.93. The molecule has 4 rings (SSSR count). The Hall–Kier alpha value is -4.16. The van der Waals surface area contributed by atoms with Gasteiger partial charge in [-0.15, -0.1) is 0 Å². The Balaban J connectivity index is 1.89. The van der Waals surface area contributed by atoms with Crippen molar-refractivity contribution in [3.05, 3.63) is 81.5 Å². The monoisotopic (exact) mass is 418 g/mol. The number of aryl methyl sites for hydroxylation is 1. The van der Waals surface area contributed by atoms with Crippen molar-refractivity contribution in [2.75, 3.05) is 0 Å². The topological polar surface area (TPSA) is 113 Å². The molecule has 0 bridgehead atoms. The number of rotatable bonds is 4. The van der Waals surface area contributed by atoms with Crippen LogP contribution in [-0.2, 0) is 13.6 Å². The molecule has 154 valence electrons. The number of fused-ring (bicyclic) bond motifs is 1. The Bertz CT molecular complexity index is 1420. The molecule has 2 aromatic heterocycles. The Kier molecular flexibility index (Phi) is 5.15. The number of benzene rings is 2. The minimum atomic E-state index is -0.775. The third-order valence-electron chi connectivity index (χ3n) is 4.93. The van der Waals surface area contributed by atoms with Crippen molar-refractivity contribution in [1.82, 2.24) is 20.0 Å². The number of allylic oxidation sites excluding steroid dienone is 1. The van der Waals surface area contributed by atoms with E-state index in [4.69, 9.17) is 5.73 Å². The van der Waals surface area contributed by atoms with E-state index in [1.807, 2.05) is 6.07 Å². The van der Waals surface area contributed by atoms with E-state index in [2.05, 4.69) is 15.3 Å². The first-order chi connectivity index (χ1) is 14.9. The highest BCUT2D eigenvalue weighted by molar-refractivity contribution is 5.94. The van der Waals surface area contributed by atoms with Crippen LogP contribution in [0.1, 0.15) is 17.0 Å². The Morgan fingerprint density at radius 3 is 2.65 bits per heavy atom.